The molecule has 17 heavy (non-hydrogen) atoms. The zero-order valence-corrected chi connectivity index (χ0v) is 10.8. The first-order valence-electron chi connectivity index (χ1n) is 5.33. The van der Waals surface area contributed by atoms with Crippen LogP contribution < -0.4 is 5.32 Å². The average Bonchev–Trinajstić information content (AvgIpc) is 2.91. The number of anilines is 1. The summed E-state index contributed by atoms with van der Waals surface area (Å²) in [7, 11) is 0. The van der Waals surface area contributed by atoms with E-state index in [1.54, 1.807) is 6.07 Å². The Morgan fingerprint density at radius 1 is 1.59 bits per heavy atom. The number of halogens is 2. The summed E-state index contributed by atoms with van der Waals surface area (Å²) in [5.41, 5.74) is 2.38. The molecule has 0 spiro atoms. The van der Waals surface area contributed by atoms with Gasteiger partial charge in [-0.2, -0.15) is 0 Å². The number of aryl methyl sites for hydroxylation is 1. The third-order valence-corrected chi connectivity index (χ3v) is 3.72. The molecule has 1 unspecified atom stereocenters. The molecule has 1 aliphatic rings. The molecule has 3 nitrogen and oxygen atoms in total. The predicted molar refractivity (Wildman–Crippen MR) is 68.3 cm³/mol. The van der Waals surface area contributed by atoms with Crippen molar-refractivity contribution in [2.45, 2.75) is 24.3 Å². The van der Waals surface area contributed by atoms with Crippen LogP contribution in [0.4, 0.5) is 5.69 Å². The fourth-order valence-corrected chi connectivity index (χ4v) is 2.13. The summed E-state index contributed by atoms with van der Waals surface area (Å²) in [4.78, 5) is 11.8. The number of amides is 1. The van der Waals surface area contributed by atoms with Gasteiger partial charge in [-0.25, -0.2) is 0 Å². The van der Waals surface area contributed by atoms with Crippen molar-refractivity contribution in [3.8, 4) is 0 Å². The predicted octanol–water partition coefficient (Wildman–Crippen LogP) is 2.62. The van der Waals surface area contributed by atoms with Crippen molar-refractivity contribution in [2.75, 3.05) is 5.32 Å². The largest absolute Gasteiger partial charge is 0.392 e. The van der Waals surface area contributed by atoms with E-state index in [2.05, 4.69) is 5.32 Å². The summed E-state index contributed by atoms with van der Waals surface area (Å²) in [5, 5.41) is 11.8. The smallest absolute Gasteiger partial charge is 0.230 e. The van der Waals surface area contributed by atoms with E-state index in [1.807, 2.05) is 19.1 Å². The molecule has 0 radical (unpaired) electrons. The zero-order valence-electron chi connectivity index (χ0n) is 9.34. The van der Waals surface area contributed by atoms with E-state index in [1.165, 1.54) is 0 Å². The molecule has 1 saturated carbocycles. The number of hydrogen-bond acceptors (Lipinski definition) is 2. The van der Waals surface area contributed by atoms with Gasteiger partial charge in [0.15, 0.2) is 0 Å². The van der Waals surface area contributed by atoms with E-state index in [4.69, 9.17) is 28.3 Å². The highest BCUT2D eigenvalue weighted by molar-refractivity contribution is 6.52. The molecule has 0 saturated heterocycles. The van der Waals surface area contributed by atoms with Gasteiger partial charge in [0.05, 0.1) is 12.5 Å². The molecule has 92 valence electrons. The van der Waals surface area contributed by atoms with Gasteiger partial charge >= 0.3 is 0 Å². The molecular formula is C12H13Cl2NO2. The number of carbonyl (C=O) groups is 1. The van der Waals surface area contributed by atoms with Crippen LogP contribution in [0, 0.1) is 12.8 Å². The molecule has 2 N–H and O–H groups in total. The van der Waals surface area contributed by atoms with Gasteiger partial charge in [-0.15, -0.1) is 23.2 Å². The molecular weight excluding hydrogens is 261 g/mol. The van der Waals surface area contributed by atoms with E-state index in [0.717, 1.165) is 11.1 Å². The van der Waals surface area contributed by atoms with E-state index in [0.29, 0.717) is 12.1 Å². The van der Waals surface area contributed by atoms with Crippen molar-refractivity contribution in [2.24, 2.45) is 5.92 Å². The molecule has 5 heteroatoms. The molecule has 2 rings (SSSR count). The lowest BCUT2D eigenvalue weighted by molar-refractivity contribution is -0.117. The monoisotopic (exact) mass is 273 g/mol. The standard InChI is InChI=1S/C12H13Cl2NO2/c1-7-2-3-8(6-16)4-10(7)15-11(17)9-5-12(9,13)14/h2-4,9,16H,5-6H2,1H3,(H,15,17). The van der Waals surface area contributed by atoms with Crippen LogP contribution in [0.15, 0.2) is 18.2 Å². The van der Waals surface area contributed by atoms with Crippen molar-refractivity contribution in [3.63, 3.8) is 0 Å². The first kappa shape index (κ1) is 12.7. The Morgan fingerprint density at radius 2 is 2.24 bits per heavy atom. The summed E-state index contributed by atoms with van der Waals surface area (Å²) in [6.07, 6.45) is 0.487. The molecule has 0 heterocycles. The van der Waals surface area contributed by atoms with E-state index in [-0.39, 0.29) is 18.4 Å². The molecule has 1 atom stereocenters. The Hall–Kier alpha value is -0.770. The first-order valence-corrected chi connectivity index (χ1v) is 6.08. The van der Waals surface area contributed by atoms with Gasteiger partial charge in [0.2, 0.25) is 5.91 Å². The lowest BCUT2D eigenvalue weighted by atomic mass is 10.1. The van der Waals surface area contributed by atoms with Gasteiger partial charge in [-0.05, 0) is 30.5 Å². The number of alkyl halides is 2. The maximum atomic E-state index is 11.8. The quantitative estimate of drug-likeness (QED) is 0.832. The second kappa shape index (κ2) is 4.48. The minimum atomic E-state index is -0.910. The summed E-state index contributed by atoms with van der Waals surface area (Å²) in [5.74, 6) is -0.517. The van der Waals surface area contributed by atoms with Gasteiger partial charge in [0.25, 0.3) is 0 Å². The Kier molecular flexibility index (Phi) is 3.34. The number of hydrogen-bond donors (Lipinski definition) is 2. The molecule has 1 aromatic rings. The Morgan fingerprint density at radius 3 is 2.76 bits per heavy atom. The van der Waals surface area contributed by atoms with E-state index in [9.17, 15) is 4.79 Å². The van der Waals surface area contributed by atoms with Gasteiger partial charge in [0.1, 0.15) is 4.33 Å². The average molecular weight is 274 g/mol. The minimum absolute atomic E-state index is 0.0540. The number of aliphatic hydroxyl groups is 1. The Balaban J connectivity index is 2.11. The highest BCUT2D eigenvalue weighted by atomic mass is 35.5. The maximum Gasteiger partial charge on any atom is 0.230 e. The van der Waals surface area contributed by atoms with Crippen LogP contribution in [0.2, 0.25) is 0 Å². The number of benzene rings is 1. The third-order valence-electron chi connectivity index (χ3n) is 2.88. The lowest BCUT2D eigenvalue weighted by Crippen LogP contribution is -2.17. The third kappa shape index (κ3) is 2.73. The molecule has 0 aromatic heterocycles. The van der Waals surface area contributed by atoms with Crippen LogP contribution in [0.5, 0.6) is 0 Å². The fourth-order valence-electron chi connectivity index (χ4n) is 1.62. The summed E-state index contributed by atoms with van der Waals surface area (Å²) < 4.78 is -0.910. The summed E-state index contributed by atoms with van der Waals surface area (Å²) >= 11 is 11.7. The Bertz CT molecular complexity index is 460. The zero-order chi connectivity index (χ0) is 12.6. The molecule has 0 bridgehead atoms. The molecule has 1 aromatic carbocycles. The maximum absolute atomic E-state index is 11.8. The lowest BCUT2D eigenvalue weighted by Gasteiger charge is -2.10. The molecule has 1 fully saturated rings. The molecule has 1 amide bonds. The normalized spacial score (nSPS) is 21.1. The summed E-state index contributed by atoms with van der Waals surface area (Å²) in [6.45, 7) is 1.83. The number of carbonyl (C=O) groups excluding carboxylic acids is 1. The SMILES string of the molecule is Cc1ccc(CO)cc1NC(=O)C1CC1(Cl)Cl. The van der Waals surface area contributed by atoms with E-state index < -0.39 is 4.33 Å². The fraction of sp³-hybridized carbons (Fsp3) is 0.417. The van der Waals surface area contributed by atoms with Crippen LogP contribution in [0.25, 0.3) is 0 Å². The number of rotatable bonds is 3. The van der Waals surface area contributed by atoms with Crippen LogP contribution in [-0.4, -0.2) is 15.3 Å². The number of aliphatic hydroxyl groups excluding tert-OH is 1. The van der Waals surface area contributed by atoms with E-state index >= 15 is 0 Å². The van der Waals surface area contributed by atoms with Gasteiger partial charge in [0, 0.05) is 5.69 Å². The second-order valence-electron chi connectivity index (χ2n) is 4.31. The second-order valence-corrected chi connectivity index (χ2v) is 5.86. The van der Waals surface area contributed by atoms with Crippen LogP contribution in [-0.2, 0) is 11.4 Å². The van der Waals surface area contributed by atoms with Gasteiger partial charge in [-0.3, -0.25) is 4.79 Å². The molecule has 0 aliphatic heterocycles. The van der Waals surface area contributed by atoms with Crippen molar-refractivity contribution in [3.05, 3.63) is 29.3 Å². The van der Waals surface area contributed by atoms with Crippen molar-refractivity contribution < 1.29 is 9.90 Å². The van der Waals surface area contributed by atoms with Crippen LogP contribution in [0.1, 0.15) is 17.5 Å². The Labute approximate surface area is 110 Å². The van der Waals surface area contributed by atoms with Crippen LogP contribution in [0.3, 0.4) is 0 Å². The van der Waals surface area contributed by atoms with Gasteiger partial charge in [-0.1, -0.05) is 12.1 Å². The van der Waals surface area contributed by atoms with Crippen molar-refractivity contribution >= 4 is 34.8 Å². The minimum Gasteiger partial charge on any atom is -0.392 e. The number of nitrogens with one attached hydrogen (secondary N) is 1. The molecule has 1 aliphatic carbocycles. The summed E-state index contributed by atoms with van der Waals surface area (Å²) in [6, 6.07) is 5.41. The van der Waals surface area contributed by atoms with Gasteiger partial charge < -0.3 is 10.4 Å². The first-order chi connectivity index (χ1) is 7.94. The van der Waals surface area contributed by atoms with Crippen LogP contribution >= 0.6 is 23.2 Å². The van der Waals surface area contributed by atoms with Crippen molar-refractivity contribution in [1.82, 2.24) is 0 Å². The highest BCUT2D eigenvalue weighted by Crippen LogP contribution is 2.53. The highest BCUT2D eigenvalue weighted by Gasteiger charge is 2.56. The van der Waals surface area contributed by atoms with Crippen molar-refractivity contribution in [1.29, 1.82) is 0 Å². The topological polar surface area (TPSA) is 49.3 Å².